The molecule has 32 heavy (non-hydrogen) atoms. The van der Waals surface area contributed by atoms with Crippen molar-refractivity contribution in [1.29, 1.82) is 0 Å². The zero-order chi connectivity index (χ0) is 22.6. The predicted octanol–water partition coefficient (Wildman–Crippen LogP) is 2.36. The van der Waals surface area contributed by atoms with Crippen LogP contribution in [0.2, 0.25) is 0 Å². The van der Waals surface area contributed by atoms with Crippen molar-refractivity contribution in [3.05, 3.63) is 62.5 Å². The van der Waals surface area contributed by atoms with Gasteiger partial charge in [0.15, 0.2) is 16.5 Å². The van der Waals surface area contributed by atoms with Crippen LogP contribution >= 0.6 is 11.3 Å². The Morgan fingerprint density at radius 3 is 2.75 bits per heavy atom. The van der Waals surface area contributed by atoms with E-state index in [1.165, 1.54) is 12.3 Å². The van der Waals surface area contributed by atoms with E-state index in [1.54, 1.807) is 9.47 Å². The zero-order valence-corrected chi connectivity index (χ0v) is 17.7. The van der Waals surface area contributed by atoms with Crippen molar-refractivity contribution in [2.45, 2.75) is 25.4 Å². The zero-order valence-electron chi connectivity index (χ0n) is 16.9. The van der Waals surface area contributed by atoms with Crippen LogP contribution in [0.25, 0.3) is 10.6 Å². The molecule has 0 spiro atoms. The minimum atomic E-state index is -0.728. The van der Waals surface area contributed by atoms with Gasteiger partial charge in [0.05, 0.1) is 30.9 Å². The van der Waals surface area contributed by atoms with E-state index in [1.807, 2.05) is 6.92 Å². The first-order valence-electron chi connectivity index (χ1n) is 10.0. The number of likely N-dealkylation sites (N-methyl/N-ethyl adjacent to an activating group) is 1. The number of fused-ring (bicyclic) bond motifs is 3. The fourth-order valence-corrected chi connectivity index (χ4v) is 5.14. The molecule has 8 nitrogen and oxygen atoms in total. The molecular weight excluding hydrogens is 442 g/mol. The van der Waals surface area contributed by atoms with Crippen LogP contribution in [-0.2, 0) is 11.2 Å². The van der Waals surface area contributed by atoms with Crippen LogP contribution in [0, 0.1) is 11.6 Å². The molecule has 4 heterocycles. The monoisotopic (exact) mass is 460 g/mol. The molecule has 5 rings (SSSR count). The first-order valence-corrected chi connectivity index (χ1v) is 10.8. The van der Waals surface area contributed by atoms with Crippen LogP contribution in [0.5, 0.6) is 5.75 Å². The largest absolute Gasteiger partial charge is 0.503 e. The molecule has 1 saturated heterocycles. The third kappa shape index (κ3) is 3.19. The maximum atomic E-state index is 14.0. The van der Waals surface area contributed by atoms with Crippen LogP contribution in [0.4, 0.5) is 8.78 Å². The second kappa shape index (κ2) is 7.75. The molecule has 2 aliphatic heterocycles. The van der Waals surface area contributed by atoms with Crippen molar-refractivity contribution in [2.24, 2.45) is 0 Å². The van der Waals surface area contributed by atoms with Gasteiger partial charge >= 0.3 is 0 Å². The van der Waals surface area contributed by atoms with Gasteiger partial charge in [-0.2, -0.15) is 0 Å². The molecule has 2 atom stereocenters. The molecule has 1 N–H and O–H groups in total. The number of carbonyl (C=O) groups excluding carboxylic acids is 1. The number of aromatic nitrogens is 3. The standard InChI is InChI=1S/C21H18F2N4O4S/c1-2-26-14-8-31-9-15(14)27-7-12(18(28)19(29)17(27)21(26)30)20-25-24-16(32-20)5-10-3-4-11(22)6-13(10)23/h3-4,6-7,14-15,29H,2,5,8-9H2,1H3/t14?,15-/m1/s1. The van der Waals surface area contributed by atoms with Crippen molar-refractivity contribution in [1.82, 2.24) is 19.7 Å². The average Bonchev–Trinajstić information content (AvgIpc) is 3.42. The van der Waals surface area contributed by atoms with E-state index < -0.39 is 28.7 Å². The fraction of sp³-hybridized carbons (Fsp3) is 0.333. The van der Waals surface area contributed by atoms with Crippen LogP contribution in [0.15, 0.2) is 29.2 Å². The molecule has 0 bridgehead atoms. The number of ether oxygens (including phenoxy) is 1. The summed E-state index contributed by atoms with van der Waals surface area (Å²) in [4.78, 5) is 27.4. The highest BCUT2D eigenvalue weighted by molar-refractivity contribution is 7.14. The van der Waals surface area contributed by atoms with E-state index >= 15 is 0 Å². The van der Waals surface area contributed by atoms with Gasteiger partial charge in [-0.05, 0) is 18.6 Å². The Morgan fingerprint density at radius 2 is 2.00 bits per heavy atom. The molecule has 3 aromatic rings. The Hall–Kier alpha value is -3.18. The van der Waals surface area contributed by atoms with Gasteiger partial charge in [-0.1, -0.05) is 17.4 Å². The number of pyridine rings is 1. The van der Waals surface area contributed by atoms with Crippen LogP contribution in [0.1, 0.15) is 34.0 Å². The summed E-state index contributed by atoms with van der Waals surface area (Å²) in [6, 6.07) is 2.85. The van der Waals surface area contributed by atoms with Gasteiger partial charge in [0, 0.05) is 25.2 Å². The van der Waals surface area contributed by atoms with Crippen LogP contribution in [-0.4, -0.2) is 56.5 Å². The van der Waals surface area contributed by atoms with E-state index in [-0.39, 0.29) is 40.3 Å². The fourth-order valence-electron chi connectivity index (χ4n) is 4.27. The Balaban J connectivity index is 1.55. The van der Waals surface area contributed by atoms with E-state index in [9.17, 15) is 23.5 Å². The van der Waals surface area contributed by atoms with Crippen LogP contribution in [0.3, 0.4) is 0 Å². The predicted molar refractivity (Wildman–Crippen MR) is 111 cm³/mol. The molecule has 1 amide bonds. The summed E-state index contributed by atoms with van der Waals surface area (Å²) in [5.41, 5.74) is -0.451. The quantitative estimate of drug-likeness (QED) is 0.642. The van der Waals surface area contributed by atoms with Gasteiger partial charge in [-0.3, -0.25) is 9.59 Å². The molecular formula is C21H18F2N4O4S. The van der Waals surface area contributed by atoms with Gasteiger partial charge in [0.1, 0.15) is 16.6 Å². The molecule has 1 unspecified atom stereocenters. The molecule has 0 radical (unpaired) electrons. The Bertz CT molecular complexity index is 1290. The van der Waals surface area contributed by atoms with Crippen molar-refractivity contribution < 1.29 is 23.4 Å². The molecule has 2 aliphatic rings. The van der Waals surface area contributed by atoms with Gasteiger partial charge in [0.25, 0.3) is 5.91 Å². The third-order valence-electron chi connectivity index (χ3n) is 5.85. The smallest absolute Gasteiger partial charge is 0.274 e. The normalized spacial score (nSPS) is 19.8. The Morgan fingerprint density at radius 1 is 1.22 bits per heavy atom. The number of rotatable bonds is 4. The lowest BCUT2D eigenvalue weighted by Gasteiger charge is -2.38. The van der Waals surface area contributed by atoms with Crippen molar-refractivity contribution in [3.63, 3.8) is 0 Å². The van der Waals surface area contributed by atoms with E-state index in [4.69, 9.17) is 4.74 Å². The van der Waals surface area contributed by atoms with Crippen molar-refractivity contribution >= 4 is 17.2 Å². The van der Waals surface area contributed by atoms with Crippen LogP contribution < -0.4 is 5.43 Å². The SMILES string of the molecule is CCN1C(=O)c2c(O)c(=O)c(-c3nnc(Cc4ccc(F)cc4F)s3)cn2[C@@H]2COCC21. The third-order valence-corrected chi connectivity index (χ3v) is 6.80. The summed E-state index contributed by atoms with van der Waals surface area (Å²) in [7, 11) is 0. The number of halogens is 2. The summed E-state index contributed by atoms with van der Waals surface area (Å²) in [5.74, 6) is -2.44. The molecule has 0 saturated carbocycles. The summed E-state index contributed by atoms with van der Waals surface area (Å²) in [6.45, 7) is 2.98. The van der Waals surface area contributed by atoms with Crippen molar-refractivity contribution in [2.75, 3.05) is 19.8 Å². The number of nitrogens with zero attached hydrogens (tertiary/aromatic N) is 4. The second-order valence-electron chi connectivity index (χ2n) is 7.65. The van der Waals surface area contributed by atoms with E-state index in [2.05, 4.69) is 10.2 Å². The highest BCUT2D eigenvalue weighted by atomic mass is 32.1. The minimum Gasteiger partial charge on any atom is -0.503 e. The molecule has 11 heteroatoms. The minimum absolute atomic E-state index is 0.0644. The highest BCUT2D eigenvalue weighted by Gasteiger charge is 2.44. The van der Waals surface area contributed by atoms with Gasteiger partial charge < -0.3 is 19.3 Å². The van der Waals surface area contributed by atoms with Gasteiger partial charge in [-0.25, -0.2) is 8.78 Å². The lowest BCUT2D eigenvalue weighted by Crippen LogP contribution is -2.51. The summed E-state index contributed by atoms with van der Waals surface area (Å²) in [5, 5.41) is 19.4. The maximum Gasteiger partial charge on any atom is 0.274 e. The lowest BCUT2D eigenvalue weighted by molar-refractivity contribution is 0.0571. The highest BCUT2D eigenvalue weighted by Crippen LogP contribution is 2.36. The van der Waals surface area contributed by atoms with E-state index in [0.717, 1.165) is 23.5 Å². The van der Waals surface area contributed by atoms with Gasteiger partial charge in [-0.15, -0.1) is 10.2 Å². The number of hydrogen-bond donors (Lipinski definition) is 1. The summed E-state index contributed by atoms with van der Waals surface area (Å²) < 4.78 is 34.3. The molecule has 166 valence electrons. The maximum absolute atomic E-state index is 14.0. The summed E-state index contributed by atoms with van der Waals surface area (Å²) in [6.07, 6.45) is 1.59. The molecule has 2 aromatic heterocycles. The van der Waals surface area contributed by atoms with Gasteiger partial charge in [0.2, 0.25) is 5.43 Å². The Kier molecular flexibility index (Phi) is 5.01. The number of benzene rings is 1. The summed E-state index contributed by atoms with van der Waals surface area (Å²) >= 11 is 1.06. The number of carbonyl (C=O) groups is 1. The number of amides is 1. The number of aromatic hydroxyl groups is 1. The second-order valence-corrected chi connectivity index (χ2v) is 8.72. The van der Waals surface area contributed by atoms with Crippen molar-refractivity contribution in [3.8, 4) is 16.3 Å². The first kappa shape index (κ1) is 20.7. The Labute approximate surface area is 184 Å². The number of hydrogen-bond acceptors (Lipinski definition) is 7. The molecule has 1 fully saturated rings. The van der Waals surface area contributed by atoms with E-state index in [0.29, 0.717) is 24.8 Å². The lowest BCUT2D eigenvalue weighted by atomic mass is 10.0. The molecule has 0 aliphatic carbocycles. The topological polar surface area (TPSA) is 97.5 Å². The average molecular weight is 460 g/mol. The first-order chi connectivity index (χ1) is 15.4. The molecule has 1 aromatic carbocycles.